The van der Waals surface area contributed by atoms with Gasteiger partial charge < -0.3 is 11.1 Å². The smallest absolute Gasteiger partial charge is 0.243 e. The number of carbonyl (C=O) groups excluding carboxylic acids is 2. The van der Waals surface area contributed by atoms with E-state index < -0.39 is 0 Å². The summed E-state index contributed by atoms with van der Waals surface area (Å²) in [4.78, 5) is 30.4. The molecule has 1 atom stereocenters. The van der Waals surface area contributed by atoms with Gasteiger partial charge in [0, 0.05) is 16.9 Å². The first kappa shape index (κ1) is 18.5. The van der Waals surface area contributed by atoms with E-state index in [0.717, 1.165) is 11.3 Å². The van der Waals surface area contributed by atoms with Crippen LogP contribution in [-0.2, 0) is 9.59 Å². The van der Waals surface area contributed by atoms with Crippen LogP contribution in [0, 0.1) is 12.8 Å². The largest absolute Gasteiger partial charge is 0.369 e. The summed E-state index contributed by atoms with van der Waals surface area (Å²) in [5.74, 6) is -0.391. The summed E-state index contributed by atoms with van der Waals surface area (Å²) in [5.41, 5.74) is 8.46. The summed E-state index contributed by atoms with van der Waals surface area (Å²) in [6.07, 6.45) is 1.42. The van der Waals surface area contributed by atoms with Crippen LogP contribution in [0.5, 0.6) is 0 Å². The van der Waals surface area contributed by atoms with Crippen molar-refractivity contribution in [2.75, 3.05) is 18.4 Å². The van der Waals surface area contributed by atoms with Gasteiger partial charge in [0.05, 0.1) is 11.7 Å². The van der Waals surface area contributed by atoms with Gasteiger partial charge in [0.1, 0.15) is 0 Å². The molecule has 0 radical (unpaired) electrons. The van der Waals surface area contributed by atoms with E-state index in [0.29, 0.717) is 31.1 Å². The molecule has 138 valence electrons. The number of likely N-dealkylation sites (tertiary alicyclic amines) is 1. The Morgan fingerprint density at radius 1 is 1.27 bits per heavy atom. The van der Waals surface area contributed by atoms with Gasteiger partial charge in [0.25, 0.3) is 0 Å². The van der Waals surface area contributed by atoms with Crippen LogP contribution in [0.25, 0.3) is 11.3 Å². The summed E-state index contributed by atoms with van der Waals surface area (Å²) >= 11 is 1.42. The molecule has 1 saturated heterocycles. The lowest BCUT2D eigenvalue weighted by Gasteiger charge is -2.34. The predicted molar refractivity (Wildman–Crippen MR) is 104 cm³/mol. The zero-order valence-corrected chi connectivity index (χ0v) is 15.9. The van der Waals surface area contributed by atoms with Crippen LogP contribution in [0.15, 0.2) is 29.6 Å². The maximum Gasteiger partial charge on any atom is 0.243 e. The Morgan fingerprint density at radius 2 is 1.92 bits per heavy atom. The van der Waals surface area contributed by atoms with E-state index in [2.05, 4.69) is 15.2 Å². The highest BCUT2D eigenvalue weighted by atomic mass is 32.1. The van der Waals surface area contributed by atoms with Gasteiger partial charge in [-0.1, -0.05) is 29.8 Å². The number of hydrogen-bond acceptors (Lipinski definition) is 5. The molecule has 0 bridgehead atoms. The molecule has 1 aliphatic rings. The maximum atomic E-state index is 12.5. The number of thiazole rings is 1. The quantitative estimate of drug-likeness (QED) is 0.844. The average Bonchev–Trinajstić information content (AvgIpc) is 3.10. The zero-order valence-electron chi connectivity index (χ0n) is 15.1. The Kier molecular flexibility index (Phi) is 5.68. The maximum absolute atomic E-state index is 12.5. The van der Waals surface area contributed by atoms with Crippen molar-refractivity contribution < 1.29 is 9.59 Å². The van der Waals surface area contributed by atoms with Crippen molar-refractivity contribution >= 4 is 28.3 Å². The molecule has 1 aromatic carbocycles. The van der Waals surface area contributed by atoms with Crippen LogP contribution >= 0.6 is 11.3 Å². The van der Waals surface area contributed by atoms with Crippen molar-refractivity contribution in [3.63, 3.8) is 0 Å². The van der Waals surface area contributed by atoms with Crippen molar-refractivity contribution in [3.8, 4) is 11.3 Å². The molecular formula is C19H24N4O2S. The van der Waals surface area contributed by atoms with E-state index in [1.54, 1.807) is 0 Å². The van der Waals surface area contributed by atoms with Gasteiger partial charge in [-0.25, -0.2) is 4.98 Å². The molecule has 0 aliphatic carbocycles. The number of amides is 2. The van der Waals surface area contributed by atoms with Crippen molar-refractivity contribution in [2.24, 2.45) is 11.7 Å². The number of primary amides is 1. The van der Waals surface area contributed by atoms with Crippen molar-refractivity contribution in [1.82, 2.24) is 9.88 Å². The van der Waals surface area contributed by atoms with Crippen molar-refractivity contribution in [3.05, 3.63) is 35.2 Å². The monoisotopic (exact) mass is 372 g/mol. The summed E-state index contributed by atoms with van der Waals surface area (Å²) in [5, 5.41) is 5.46. The SMILES string of the molecule is Cc1ccc(-c2csc(NC(=O)C(C)N3CCC(C(N)=O)CC3)n2)cc1. The summed E-state index contributed by atoms with van der Waals surface area (Å²) < 4.78 is 0. The lowest BCUT2D eigenvalue weighted by atomic mass is 9.95. The second-order valence-corrected chi connectivity index (χ2v) is 7.64. The Morgan fingerprint density at radius 3 is 2.54 bits per heavy atom. The van der Waals surface area contributed by atoms with Crippen LogP contribution in [0.4, 0.5) is 5.13 Å². The summed E-state index contributed by atoms with van der Waals surface area (Å²) in [6.45, 7) is 5.34. The molecule has 6 nitrogen and oxygen atoms in total. The van der Waals surface area contributed by atoms with Crippen molar-refractivity contribution in [1.29, 1.82) is 0 Å². The fraction of sp³-hybridized carbons (Fsp3) is 0.421. The lowest BCUT2D eigenvalue weighted by molar-refractivity contribution is -0.124. The third-order valence-electron chi connectivity index (χ3n) is 4.94. The Hall–Kier alpha value is -2.25. The fourth-order valence-electron chi connectivity index (χ4n) is 3.13. The number of anilines is 1. The Labute approximate surface area is 157 Å². The molecule has 2 amide bonds. The van der Waals surface area contributed by atoms with Gasteiger partial charge in [0.2, 0.25) is 11.8 Å². The Bertz CT molecular complexity index is 779. The van der Waals surface area contributed by atoms with E-state index in [-0.39, 0.29) is 23.8 Å². The topological polar surface area (TPSA) is 88.3 Å². The number of nitrogens with two attached hydrogens (primary N) is 1. The molecule has 1 aromatic heterocycles. The zero-order chi connectivity index (χ0) is 18.7. The lowest BCUT2D eigenvalue weighted by Crippen LogP contribution is -2.47. The molecule has 2 heterocycles. The highest BCUT2D eigenvalue weighted by Gasteiger charge is 2.29. The first-order valence-corrected chi connectivity index (χ1v) is 9.69. The molecule has 1 unspecified atom stereocenters. The van der Waals surface area contributed by atoms with Gasteiger partial charge in [-0.2, -0.15) is 0 Å². The summed E-state index contributed by atoms with van der Waals surface area (Å²) in [7, 11) is 0. The fourth-order valence-corrected chi connectivity index (χ4v) is 3.86. The van der Waals surface area contributed by atoms with Crippen LogP contribution in [-0.4, -0.2) is 40.8 Å². The van der Waals surface area contributed by atoms with Crippen LogP contribution in [0.2, 0.25) is 0 Å². The molecule has 7 heteroatoms. The number of piperidine rings is 1. The number of aryl methyl sites for hydroxylation is 1. The number of benzene rings is 1. The molecule has 2 aromatic rings. The van der Waals surface area contributed by atoms with Gasteiger partial charge in [-0.15, -0.1) is 11.3 Å². The molecule has 0 spiro atoms. The highest BCUT2D eigenvalue weighted by Crippen LogP contribution is 2.26. The molecule has 0 saturated carbocycles. The van der Waals surface area contributed by atoms with E-state index in [1.807, 2.05) is 43.5 Å². The molecule has 1 fully saturated rings. The van der Waals surface area contributed by atoms with Gasteiger partial charge in [-0.3, -0.25) is 14.5 Å². The highest BCUT2D eigenvalue weighted by molar-refractivity contribution is 7.14. The first-order chi connectivity index (χ1) is 12.4. The summed E-state index contributed by atoms with van der Waals surface area (Å²) in [6, 6.07) is 7.88. The van der Waals surface area contributed by atoms with E-state index >= 15 is 0 Å². The second kappa shape index (κ2) is 7.97. The molecule has 3 N–H and O–H groups in total. The number of nitrogens with zero attached hydrogens (tertiary/aromatic N) is 2. The van der Waals surface area contributed by atoms with Crippen LogP contribution in [0.1, 0.15) is 25.3 Å². The first-order valence-electron chi connectivity index (χ1n) is 8.81. The van der Waals surface area contributed by atoms with Gasteiger partial charge >= 0.3 is 0 Å². The number of aromatic nitrogens is 1. The third-order valence-corrected chi connectivity index (χ3v) is 5.70. The minimum atomic E-state index is -0.268. The number of hydrogen-bond donors (Lipinski definition) is 2. The number of rotatable bonds is 5. The minimum absolute atomic E-state index is 0.0717. The standard InChI is InChI=1S/C19H24N4O2S/c1-12-3-5-14(6-4-12)16-11-26-19(21-16)22-18(25)13(2)23-9-7-15(8-10-23)17(20)24/h3-6,11,13,15H,7-10H2,1-2H3,(H2,20,24)(H,21,22,25). The minimum Gasteiger partial charge on any atom is -0.369 e. The molecular weight excluding hydrogens is 348 g/mol. The van der Waals surface area contributed by atoms with E-state index in [9.17, 15) is 9.59 Å². The van der Waals surface area contributed by atoms with E-state index in [1.165, 1.54) is 16.9 Å². The normalized spacial score (nSPS) is 17.0. The molecule has 1 aliphatic heterocycles. The second-order valence-electron chi connectivity index (χ2n) is 6.78. The van der Waals surface area contributed by atoms with E-state index in [4.69, 9.17) is 5.73 Å². The molecule has 26 heavy (non-hydrogen) atoms. The van der Waals surface area contributed by atoms with Gasteiger partial charge in [0.15, 0.2) is 5.13 Å². The van der Waals surface area contributed by atoms with Crippen LogP contribution in [0.3, 0.4) is 0 Å². The average molecular weight is 372 g/mol. The number of nitrogens with one attached hydrogen (secondary N) is 1. The molecule has 3 rings (SSSR count). The number of carbonyl (C=O) groups is 2. The van der Waals surface area contributed by atoms with Gasteiger partial charge in [-0.05, 0) is 39.8 Å². The Balaban J connectivity index is 1.58. The predicted octanol–water partition coefficient (Wildman–Crippen LogP) is 2.64. The van der Waals surface area contributed by atoms with Crippen molar-refractivity contribution in [2.45, 2.75) is 32.7 Å². The third kappa shape index (κ3) is 4.28. The van der Waals surface area contributed by atoms with Crippen LogP contribution < -0.4 is 11.1 Å².